The van der Waals surface area contributed by atoms with Crippen molar-refractivity contribution in [2.45, 2.75) is 37.0 Å². The number of carbonyl (C=O) groups is 1. The minimum atomic E-state index is -3.17. The molecule has 2 fully saturated rings. The SMILES string of the molecule is Cl.O=C(Nc1ccc2c(c1)S(=O)(=O)CC2)[C@@]12CCCC[C@H]1CNC2. The van der Waals surface area contributed by atoms with Gasteiger partial charge in [-0.25, -0.2) is 8.42 Å². The minimum Gasteiger partial charge on any atom is -0.326 e. The van der Waals surface area contributed by atoms with Crippen molar-refractivity contribution in [3.05, 3.63) is 23.8 Å². The van der Waals surface area contributed by atoms with E-state index in [-0.39, 0.29) is 29.5 Å². The highest BCUT2D eigenvalue weighted by molar-refractivity contribution is 7.91. The summed E-state index contributed by atoms with van der Waals surface area (Å²) in [5.74, 6) is 0.618. The number of benzene rings is 1. The molecule has 0 bridgehead atoms. The van der Waals surface area contributed by atoms with E-state index in [0.717, 1.165) is 37.9 Å². The van der Waals surface area contributed by atoms with Gasteiger partial charge in [0.25, 0.3) is 0 Å². The molecule has 5 nitrogen and oxygen atoms in total. The van der Waals surface area contributed by atoms with E-state index in [1.807, 2.05) is 12.1 Å². The summed E-state index contributed by atoms with van der Waals surface area (Å²) >= 11 is 0. The number of nitrogens with one attached hydrogen (secondary N) is 2. The van der Waals surface area contributed by atoms with Crippen molar-refractivity contribution in [2.24, 2.45) is 11.3 Å². The molecule has 3 aliphatic rings. The smallest absolute Gasteiger partial charge is 0.232 e. The fourth-order valence-electron chi connectivity index (χ4n) is 4.43. The molecule has 1 aromatic carbocycles. The molecule has 24 heavy (non-hydrogen) atoms. The first kappa shape index (κ1) is 17.7. The van der Waals surface area contributed by atoms with E-state index in [0.29, 0.717) is 22.9 Å². The molecule has 1 aliphatic carbocycles. The van der Waals surface area contributed by atoms with E-state index >= 15 is 0 Å². The zero-order valence-electron chi connectivity index (χ0n) is 13.5. The van der Waals surface area contributed by atoms with Gasteiger partial charge < -0.3 is 10.6 Å². The van der Waals surface area contributed by atoms with Crippen molar-refractivity contribution >= 4 is 33.8 Å². The topological polar surface area (TPSA) is 75.3 Å². The molecule has 2 N–H and O–H groups in total. The summed E-state index contributed by atoms with van der Waals surface area (Å²) < 4.78 is 24.1. The number of halogens is 1. The number of amides is 1. The first-order chi connectivity index (χ1) is 11.0. The number of hydrogen-bond acceptors (Lipinski definition) is 4. The van der Waals surface area contributed by atoms with Crippen molar-refractivity contribution < 1.29 is 13.2 Å². The summed E-state index contributed by atoms with van der Waals surface area (Å²) in [5.41, 5.74) is 1.14. The molecule has 132 valence electrons. The van der Waals surface area contributed by atoms with E-state index in [9.17, 15) is 13.2 Å². The fraction of sp³-hybridized carbons (Fsp3) is 0.588. The van der Waals surface area contributed by atoms with Gasteiger partial charge >= 0.3 is 0 Å². The van der Waals surface area contributed by atoms with Crippen LogP contribution in [0.4, 0.5) is 5.69 Å². The average Bonchev–Trinajstić information content (AvgIpc) is 3.10. The van der Waals surface area contributed by atoms with Crippen LogP contribution in [-0.4, -0.2) is 33.2 Å². The maximum absolute atomic E-state index is 12.9. The predicted molar refractivity (Wildman–Crippen MR) is 95.3 cm³/mol. The minimum absolute atomic E-state index is 0. The average molecular weight is 371 g/mol. The molecule has 7 heteroatoms. The van der Waals surface area contributed by atoms with Gasteiger partial charge in [0.05, 0.1) is 16.1 Å². The second kappa shape index (κ2) is 6.32. The molecule has 2 heterocycles. The number of fused-ring (bicyclic) bond motifs is 2. The quantitative estimate of drug-likeness (QED) is 0.836. The molecular formula is C17H23ClN2O3S. The Kier molecular flexibility index (Phi) is 4.66. The number of sulfone groups is 1. The highest BCUT2D eigenvalue weighted by atomic mass is 35.5. The third-order valence-corrected chi connectivity index (χ3v) is 7.58. The van der Waals surface area contributed by atoms with Gasteiger partial charge in [0, 0.05) is 12.2 Å². The normalized spacial score (nSPS) is 30.1. The van der Waals surface area contributed by atoms with Gasteiger partial charge in [-0.15, -0.1) is 12.4 Å². The van der Waals surface area contributed by atoms with Crippen LogP contribution in [-0.2, 0) is 21.1 Å². The lowest BCUT2D eigenvalue weighted by Gasteiger charge is -2.37. The first-order valence-electron chi connectivity index (χ1n) is 8.39. The zero-order chi connectivity index (χ0) is 16.1. The highest BCUT2D eigenvalue weighted by Crippen LogP contribution is 2.44. The Balaban J connectivity index is 0.00000169. The second-order valence-corrected chi connectivity index (χ2v) is 9.15. The van der Waals surface area contributed by atoms with Crippen molar-refractivity contribution in [3.63, 3.8) is 0 Å². The van der Waals surface area contributed by atoms with Crippen LogP contribution in [0.25, 0.3) is 0 Å². The maximum Gasteiger partial charge on any atom is 0.232 e. The van der Waals surface area contributed by atoms with Gasteiger partial charge in [-0.1, -0.05) is 18.9 Å². The second-order valence-electron chi connectivity index (χ2n) is 7.08. The van der Waals surface area contributed by atoms with E-state index < -0.39 is 9.84 Å². The lowest BCUT2D eigenvalue weighted by molar-refractivity contribution is -0.128. The Bertz CT molecular complexity index is 765. The standard InChI is InChI=1S/C17H22N2O3S.ClH/c20-16(17-7-2-1-3-13(17)10-18-11-17)19-14-5-4-12-6-8-23(21,22)15(12)9-14;/h4-5,9,13,18H,1-3,6-8,10-11H2,(H,19,20);1H/t13-,17+;/m0./s1. The summed E-state index contributed by atoms with van der Waals surface area (Å²) in [7, 11) is -3.17. The van der Waals surface area contributed by atoms with Gasteiger partial charge in [0.2, 0.25) is 5.91 Å². The fourth-order valence-corrected chi connectivity index (χ4v) is 6.01. The Morgan fingerprint density at radius 1 is 1.29 bits per heavy atom. The summed E-state index contributed by atoms with van der Waals surface area (Å²) in [6.45, 7) is 1.64. The van der Waals surface area contributed by atoms with Gasteiger partial charge in [0.15, 0.2) is 9.84 Å². The van der Waals surface area contributed by atoms with Crippen LogP contribution in [0, 0.1) is 11.3 Å². The maximum atomic E-state index is 12.9. The molecule has 2 aliphatic heterocycles. The van der Waals surface area contributed by atoms with E-state index in [4.69, 9.17) is 0 Å². The molecule has 1 saturated heterocycles. The zero-order valence-corrected chi connectivity index (χ0v) is 15.1. The Labute approximate surface area is 148 Å². The molecule has 0 unspecified atom stereocenters. The number of hydrogen-bond donors (Lipinski definition) is 2. The summed E-state index contributed by atoms with van der Waals surface area (Å²) in [4.78, 5) is 13.3. The number of carbonyl (C=O) groups excluding carboxylic acids is 1. The van der Waals surface area contributed by atoms with Gasteiger partial charge in [-0.3, -0.25) is 4.79 Å². The lowest BCUT2D eigenvalue weighted by Crippen LogP contribution is -2.44. The number of aryl methyl sites for hydroxylation is 1. The Hall–Kier alpha value is -1.11. The summed E-state index contributed by atoms with van der Waals surface area (Å²) in [6.07, 6.45) is 4.86. The highest BCUT2D eigenvalue weighted by Gasteiger charge is 2.49. The summed E-state index contributed by atoms with van der Waals surface area (Å²) in [5, 5.41) is 6.37. The van der Waals surface area contributed by atoms with E-state index in [1.54, 1.807) is 6.07 Å². The third-order valence-electron chi connectivity index (χ3n) is 5.79. The third kappa shape index (κ3) is 2.74. The molecular weight excluding hydrogens is 348 g/mol. The molecule has 4 rings (SSSR count). The number of rotatable bonds is 2. The first-order valence-corrected chi connectivity index (χ1v) is 10.0. The lowest BCUT2D eigenvalue weighted by atomic mass is 9.67. The molecule has 0 aromatic heterocycles. The Morgan fingerprint density at radius 2 is 2.12 bits per heavy atom. The molecule has 1 saturated carbocycles. The molecule has 0 spiro atoms. The molecule has 0 radical (unpaired) electrons. The van der Waals surface area contributed by atoms with Crippen LogP contribution in [0.1, 0.15) is 31.2 Å². The largest absolute Gasteiger partial charge is 0.326 e. The number of anilines is 1. The predicted octanol–water partition coefficient (Wildman–Crippen LogP) is 2.16. The van der Waals surface area contributed by atoms with Crippen molar-refractivity contribution in [3.8, 4) is 0 Å². The van der Waals surface area contributed by atoms with Crippen LogP contribution in [0.15, 0.2) is 23.1 Å². The van der Waals surface area contributed by atoms with Crippen molar-refractivity contribution in [1.29, 1.82) is 0 Å². The monoisotopic (exact) mass is 370 g/mol. The van der Waals surface area contributed by atoms with E-state index in [2.05, 4.69) is 10.6 Å². The molecule has 1 amide bonds. The van der Waals surface area contributed by atoms with Gasteiger partial charge in [-0.05, 0) is 49.4 Å². The van der Waals surface area contributed by atoms with Crippen LogP contribution in [0.2, 0.25) is 0 Å². The van der Waals surface area contributed by atoms with Crippen LogP contribution in [0.5, 0.6) is 0 Å². The van der Waals surface area contributed by atoms with Crippen molar-refractivity contribution in [2.75, 3.05) is 24.2 Å². The summed E-state index contributed by atoms with van der Waals surface area (Å²) in [6, 6.07) is 5.29. The van der Waals surface area contributed by atoms with Crippen LogP contribution >= 0.6 is 12.4 Å². The van der Waals surface area contributed by atoms with Gasteiger partial charge in [-0.2, -0.15) is 0 Å². The Morgan fingerprint density at radius 3 is 2.96 bits per heavy atom. The molecule has 1 aromatic rings. The van der Waals surface area contributed by atoms with Gasteiger partial charge in [0.1, 0.15) is 0 Å². The van der Waals surface area contributed by atoms with Crippen molar-refractivity contribution in [1.82, 2.24) is 5.32 Å². The van der Waals surface area contributed by atoms with Crippen LogP contribution in [0.3, 0.4) is 0 Å². The van der Waals surface area contributed by atoms with E-state index in [1.165, 1.54) is 6.42 Å². The van der Waals surface area contributed by atoms with Crippen LogP contribution < -0.4 is 10.6 Å². The molecule has 2 atom stereocenters.